The quantitative estimate of drug-likeness (QED) is 0.743. The highest BCUT2D eigenvalue weighted by atomic mass is 32.2. The van der Waals surface area contributed by atoms with Crippen molar-refractivity contribution >= 4 is 21.8 Å². The molecule has 0 saturated heterocycles. The molecule has 26 heavy (non-hydrogen) atoms. The molecule has 2 rings (SSSR count). The molecule has 10 heteroatoms. The lowest BCUT2D eigenvalue weighted by Crippen LogP contribution is -2.36. The van der Waals surface area contributed by atoms with E-state index in [0.29, 0.717) is 0 Å². The number of carbonyl (C=O) groups excluding carboxylic acids is 2. The number of rotatable bonds is 7. The van der Waals surface area contributed by atoms with E-state index in [1.54, 1.807) is 13.8 Å². The monoisotopic (exact) mass is 381 g/mol. The van der Waals surface area contributed by atoms with Gasteiger partial charge in [0, 0.05) is 25.4 Å². The number of hydrogen-bond donors (Lipinski definition) is 1. The molecule has 0 aliphatic heterocycles. The predicted octanol–water partition coefficient (Wildman–Crippen LogP) is 0.428. The molecular weight excluding hydrogens is 362 g/mol. The van der Waals surface area contributed by atoms with Gasteiger partial charge in [-0.1, -0.05) is 13.8 Å². The van der Waals surface area contributed by atoms with Gasteiger partial charge in [0.2, 0.25) is 15.9 Å². The lowest BCUT2D eigenvalue weighted by Gasteiger charge is -2.18. The summed E-state index contributed by atoms with van der Waals surface area (Å²) < 4.78 is 32.1. The molecule has 0 aromatic carbocycles. The molecule has 0 unspecified atom stereocenters. The van der Waals surface area contributed by atoms with E-state index in [9.17, 15) is 22.8 Å². The molecule has 0 aliphatic carbocycles. The number of carbonyl (C=O) groups is 2. The van der Waals surface area contributed by atoms with Crippen molar-refractivity contribution in [3.05, 3.63) is 52.8 Å². The van der Waals surface area contributed by atoms with Crippen LogP contribution >= 0.6 is 0 Å². The molecule has 0 aliphatic rings. The Labute approximate surface area is 150 Å². The lowest BCUT2D eigenvalue weighted by atomic mass is 10.4. The van der Waals surface area contributed by atoms with E-state index in [1.807, 2.05) is 0 Å². The number of imide groups is 1. The SMILES string of the molecule is CCN(CC)S(=O)(=O)c1ccc(=O)n(CC(=O)NC(=O)c2ccco2)c1. The molecule has 2 aromatic heterocycles. The second-order valence-electron chi connectivity index (χ2n) is 5.27. The highest BCUT2D eigenvalue weighted by Crippen LogP contribution is 2.13. The maximum absolute atomic E-state index is 12.5. The zero-order valence-electron chi connectivity index (χ0n) is 14.3. The number of aromatic nitrogens is 1. The van der Waals surface area contributed by atoms with Crippen molar-refractivity contribution in [3.8, 4) is 0 Å². The first-order valence-electron chi connectivity index (χ1n) is 7.88. The van der Waals surface area contributed by atoms with Crippen LogP contribution in [0.5, 0.6) is 0 Å². The van der Waals surface area contributed by atoms with Gasteiger partial charge in [-0.15, -0.1) is 0 Å². The Morgan fingerprint density at radius 2 is 1.88 bits per heavy atom. The second-order valence-corrected chi connectivity index (χ2v) is 7.21. The van der Waals surface area contributed by atoms with Gasteiger partial charge < -0.3 is 8.98 Å². The summed E-state index contributed by atoms with van der Waals surface area (Å²) in [6.07, 6.45) is 2.37. The van der Waals surface area contributed by atoms with Crippen molar-refractivity contribution in [1.29, 1.82) is 0 Å². The average Bonchev–Trinajstić information content (AvgIpc) is 3.12. The fourth-order valence-electron chi connectivity index (χ4n) is 2.29. The van der Waals surface area contributed by atoms with Crippen molar-refractivity contribution in [1.82, 2.24) is 14.2 Å². The molecule has 0 atom stereocenters. The van der Waals surface area contributed by atoms with Crippen LogP contribution in [-0.4, -0.2) is 42.2 Å². The van der Waals surface area contributed by atoms with Gasteiger partial charge in [-0.05, 0) is 18.2 Å². The number of amides is 2. The molecule has 140 valence electrons. The van der Waals surface area contributed by atoms with Crippen LogP contribution < -0.4 is 10.9 Å². The highest BCUT2D eigenvalue weighted by Gasteiger charge is 2.23. The molecule has 0 saturated carbocycles. The van der Waals surface area contributed by atoms with Crippen molar-refractivity contribution in [2.45, 2.75) is 25.3 Å². The third kappa shape index (κ3) is 4.27. The molecular formula is C16H19N3O6S. The molecule has 0 fully saturated rings. The minimum atomic E-state index is -3.77. The van der Waals surface area contributed by atoms with Gasteiger partial charge in [0.05, 0.1) is 11.2 Å². The van der Waals surface area contributed by atoms with E-state index >= 15 is 0 Å². The van der Waals surface area contributed by atoms with Crippen molar-refractivity contribution in [2.75, 3.05) is 13.1 Å². The largest absolute Gasteiger partial charge is 0.459 e. The first-order valence-corrected chi connectivity index (χ1v) is 9.32. The number of furan rings is 1. The summed E-state index contributed by atoms with van der Waals surface area (Å²) in [5, 5.41) is 2.07. The van der Waals surface area contributed by atoms with Crippen LogP contribution in [0.3, 0.4) is 0 Å². The van der Waals surface area contributed by atoms with Crippen LogP contribution in [0.2, 0.25) is 0 Å². The number of pyridine rings is 1. The van der Waals surface area contributed by atoms with Gasteiger partial charge >= 0.3 is 0 Å². The van der Waals surface area contributed by atoms with Gasteiger partial charge in [0.25, 0.3) is 11.5 Å². The molecule has 2 amide bonds. The maximum atomic E-state index is 12.5. The third-order valence-corrected chi connectivity index (χ3v) is 5.64. The number of sulfonamides is 1. The smallest absolute Gasteiger partial charge is 0.293 e. The lowest BCUT2D eigenvalue weighted by molar-refractivity contribution is -0.120. The van der Waals surface area contributed by atoms with Gasteiger partial charge in [0.15, 0.2) is 5.76 Å². The third-order valence-electron chi connectivity index (χ3n) is 3.61. The molecule has 1 N–H and O–H groups in total. The average molecular weight is 381 g/mol. The van der Waals surface area contributed by atoms with Crippen LogP contribution in [-0.2, 0) is 21.4 Å². The van der Waals surface area contributed by atoms with Crippen LogP contribution in [0.1, 0.15) is 24.4 Å². The van der Waals surface area contributed by atoms with Crippen molar-refractivity contribution in [3.63, 3.8) is 0 Å². The number of nitrogens with zero attached hydrogens (tertiary/aromatic N) is 2. The number of hydrogen-bond acceptors (Lipinski definition) is 6. The highest BCUT2D eigenvalue weighted by molar-refractivity contribution is 7.89. The fourth-order valence-corrected chi connectivity index (χ4v) is 3.77. The summed E-state index contributed by atoms with van der Waals surface area (Å²) >= 11 is 0. The Balaban J connectivity index is 2.21. The van der Waals surface area contributed by atoms with E-state index in [0.717, 1.165) is 16.8 Å². The van der Waals surface area contributed by atoms with Crippen LogP contribution in [0.15, 0.2) is 50.8 Å². The predicted molar refractivity (Wildman–Crippen MR) is 92.0 cm³/mol. The molecule has 0 radical (unpaired) electrons. The summed E-state index contributed by atoms with van der Waals surface area (Å²) in [4.78, 5) is 35.6. The first-order chi connectivity index (χ1) is 12.3. The van der Waals surface area contributed by atoms with E-state index in [-0.39, 0.29) is 23.7 Å². The zero-order valence-corrected chi connectivity index (χ0v) is 15.2. The van der Waals surface area contributed by atoms with Crippen molar-refractivity contribution < 1.29 is 22.4 Å². The van der Waals surface area contributed by atoms with E-state index < -0.39 is 33.9 Å². The maximum Gasteiger partial charge on any atom is 0.293 e. The van der Waals surface area contributed by atoms with Gasteiger partial charge in [-0.2, -0.15) is 4.31 Å². The van der Waals surface area contributed by atoms with Gasteiger partial charge in [-0.25, -0.2) is 8.42 Å². The van der Waals surface area contributed by atoms with Crippen LogP contribution in [0, 0.1) is 0 Å². The summed E-state index contributed by atoms with van der Waals surface area (Å²) in [5.74, 6) is -1.57. The Morgan fingerprint density at radius 3 is 2.46 bits per heavy atom. The minimum absolute atomic E-state index is 0.0523. The van der Waals surface area contributed by atoms with Gasteiger partial charge in [0.1, 0.15) is 6.54 Å². The number of nitrogens with one attached hydrogen (secondary N) is 1. The Hall–Kier alpha value is -2.72. The zero-order chi connectivity index (χ0) is 19.3. The summed E-state index contributed by atoms with van der Waals surface area (Å²) in [5.41, 5.74) is -0.566. The van der Waals surface area contributed by atoms with Crippen LogP contribution in [0.25, 0.3) is 0 Å². The normalized spacial score (nSPS) is 11.5. The standard InChI is InChI=1S/C16H19N3O6S/c1-3-19(4-2)26(23,24)12-7-8-15(21)18(10-12)11-14(20)17-16(22)13-6-5-9-25-13/h5-10H,3-4,11H2,1-2H3,(H,17,20,22). The topological polar surface area (TPSA) is 119 Å². The minimum Gasteiger partial charge on any atom is -0.459 e. The van der Waals surface area contributed by atoms with Crippen molar-refractivity contribution in [2.24, 2.45) is 0 Å². The fraction of sp³-hybridized carbons (Fsp3) is 0.312. The molecule has 0 bridgehead atoms. The van der Waals surface area contributed by atoms with Gasteiger partial charge in [-0.3, -0.25) is 19.7 Å². The second kappa shape index (κ2) is 8.11. The summed E-state index contributed by atoms with van der Waals surface area (Å²) in [6.45, 7) is 3.44. The molecule has 2 heterocycles. The molecule has 2 aromatic rings. The summed E-state index contributed by atoms with van der Waals surface area (Å²) in [6, 6.07) is 5.13. The van der Waals surface area contributed by atoms with E-state index in [2.05, 4.69) is 5.32 Å². The van der Waals surface area contributed by atoms with E-state index in [1.165, 1.54) is 28.8 Å². The Morgan fingerprint density at radius 1 is 1.19 bits per heavy atom. The van der Waals surface area contributed by atoms with Crippen LogP contribution in [0.4, 0.5) is 0 Å². The molecule has 9 nitrogen and oxygen atoms in total. The Kier molecular flexibility index (Phi) is 6.11. The Bertz CT molecular complexity index is 943. The molecule has 0 spiro atoms. The van der Waals surface area contributed by atoms with E-state index in [4.69, 9.17) is 4.42 Å². The first kappa shape index (κ1) is 19.6. The summed E-state index contributed by atoms with van der Waals surface area (Å²) in [7, 11) is -3.77.